The second-order valence-corrected chi connectivity index (χ2v) is 1.64. The van der Waals surface area contributed by atoms with Gasteiger partial charge in [0.25, 0.3) is 0 Å². The number of hydrogen-bond donors (Lipinski definition) is 0. The fourth-order valence-electron chi connectivity index (χ4n) is 0. The molecule has 0 bridgehead atoms. The van der Waals surface area contributed by atoms with E-state index in [0.717, 1.165) is 12.8 Å². The Balaban J connectivity index is -0.000000101. The zero-order chi connectivity index (χ0) is 10.4. The van der Waals surface area contributed by atoms with Crippen molar-refractivity contribution in [3.63, 3.8) is 0 Å². The number of hydrogen-bond acceptors (Lipinski definition) is 3. The van der Waals surface area contributed by atoms with Crippen LogP contribution in [-0.2, 0) is 0 Å². The van der Waals surface area contributed by atoms with E-state index >= 15 is 0 Å². The van der Waals surface area contributed by atoms with Gasteiger partial charge in [-0.1, -0.05) is 26.0 Å². The highest BCUT2D eigenvalue weighted by Gasteiger charge is 1.45. The van der Waals surface area contributed by atoms with Crippen molar-refractivity contribution in [1.82, 2.24) is 0 Å². The summed E-state index contributed by atoms with van der Waals surface area (Å²) >= 11 is 0. The summed E-state index contributed by atoms with van der Waals surface area (Å²) in [6, 6.07) is 0. The predicted octanol–water partition coefficient (Wildman–Crippen LogP) is 0.718. The summed E-state index contributed by atoms with van der Waals surface area (Å²) in [7, 11) is 0. The highest BCUT2D eigenvalue weighted by molar-refractivity contribution is 5.47. The largest absolute Gasteiger partial charge is 0.652 e. The van der Waals surface area contributed by atoms with Crippen molar-refractivity contribution in [2.75, 3.05) is 0 Å². The second-order valence-electron chi connectivity index (χ2n) is 1.64. The van der Waals surface area contributed by atoms with Crippen LogP contribution in [0.2, 0.25) is 0 Å². The summed E-state index contributed by atoms with van der Waals surface area (Å²) in [5.74, 6) is 0. The van der Waals surface area contributed by atoms with Gasteiger partial charge in [-0.2, -0.15) is 0 Å². The molecule has 0 N–H and O–H groups in total. The molecule has 3 heteroatoms. The first-order valence-corrected chi connectivity index (χ1v) is 3.66. The van der Waals surface area contributed by atoms with Crippen LogP contribution in [0.1, 0.15) is 26.7 Å². The first kappa shape index (κ1) is 17.0. The maximum Gasteiger partial charge on any atom is -0.0382 e. The number of carbonyl (C=O) groups excluding carboxylic acids is 1. The standard InChI is InChI=1S/2C4H8.CH2O3/c2*1-3-4-2;2-1(3)4/h2*3H,1,4H2,2H3;(H2,2,3,4)/p-2. The van der Waals surface area contributed by atoms with E-state index in [0.29, 0.717) is 0 Å². The molecule has 0 unspecified atom stereocenters. The van der Waals surface area contributed by atoms with Crippen LogP contribution in [0.15, 0.2) is 25.3 Å². The summed E-state index contributed by atoms with van der Waals surface area (Å²) < 4.78 is 0. The van der Waals surface area contributed by atoms with Crippen molar-refractivity contribution in [2.24, 2.45) is 0 Å². The molecular weight excluding hydrogens is 156 g/mol. The van der Waals surface area contributed by atoms with Crippen molar-refractivity contribution < 1.29 is 15.0 Å². The molecule has 0 saturated heterocycles. The van der Waals surface area contributed by atoms with Crippen LogP contribution < -0.4 is 10.2 Å². The Hall–Kier alpha value is -1.25. The molecule has 72 valence electrons. The molecule has 3 nitrogen and oxygen atoms in total. The molecule has 0 aromatic carbocycles. The van der Waals surface area contributed by atoms with Gasteiger partial charge in [0, 0.05) is 0 Å². The molecule has 0 spiro atoms. The number of rotatable bonds is 2. The van der Waals surface area contributed by atoms with Gasteiger partial charge in [-0.15, -0.1) is 13.2 Å². The molecular formula is C9H16O3-2. The van der Waals surface area contributed by atoms with Crippen molar-refractivity contribution in [2.45, 2.75) is 26.7 Å². The highest BCUT2D eigenvalue weighted by atomic mass is 16.6. The van der Waals surface area contributed by atoms with Crippen LogP contribution in [0.3, 0.4) is 0 Å². The monoisotopic (exact) mass is 172 g/mol. The molecule has 0 aromatic rings. The topological polar surface area (TPSA) is 63.2 Å². The van der Waals surface area contributed by atoms with E-state index in [1.807, 2.05) is 12.2 Å². The molecule has 0 atom stereocenters. The lowest BCUT2D eigenvalue weighted by atomic mass is 10.5. The molecule has 0 aliphatic rings. The van der Waals surface area contributed by atoms with Gasteiger partial charge in [0.15, 0.2) is 0 Å². The molecule has 0 radical (unpaired) electrons. The Bertz CT molecular complexity index is 96.3. The van der Waals surface area contributed by atoms with Gasteiger partial charge in [-0.25, -0.2) is 0 Å². The number of carbonyl (C=O) groups is 1. The zero-order valence-corrected chi connectivity index (χ0v) is 7.71. The van der Waals surface area contributed by atoms with Crippen molar-refractivity contribution in [3.8, 4) is 0 Å². The number of carboxylic acid groups (broad SMARTS) is 2. The lowest BCUT2D eigenvalue weighted by Crippen LogP contribution is -2.37. The molecule has 0 amide bonds. The zero-order valence-electron chi connectivity index (χ0n) is 7.71. The summed E-state index contributed by atoms with van der Waals surface area (Å²) in [6.07, 6.45) is 3.58. The SMILES string of the molecule is C=CCC.C=CCC.O=C([O-])[O-]. The molecule has 0 heterocycles. The summed E-state index contributed by atoms with van der Waals surface area (Å²) in [5, 5.41) is 16.7. The van der Waals surface area contributed by atoms with Gasteiger partial charge in [-0.3, -0.25) is 0 Å². The predicted molar refractivity (Wildman–Crippen MR) is 46.4 cm³/mol. The van der Waals surface area contributed by atoms with Crippen LogP contribution in [0.5, 0.6) is 0 Å². The summed E-state index contributed by atoms with van der Waals surface area (Å²) in [4.78, 5) is 8.33. The van der Waals surface area contributed by atoms with E-state index in [1.165, 1.54) is 0 Å². The van der Waals surface area contributed by atoms with E-state index in [-0.39, 0.29) is 0 Å². The van der Waals surface area contributed by atoms with Gasteiger partial charge in [0.05, 0.1) is 0 Å². The van der Waals surface area contributed by atoms with E-state index in [1.54, 1.807) is 0 Å². The quantitative estimate of drug-likeness (QED) is 0.576. The fourth-order valence-corrected chi connectivity index (χ4v) is 0. The molecule has 0 saturated carbocycles. The maximum absolute atomic E-state index is 8.33. The molecule has 0 aliphatic heterocycles. The lowest BCUT2D eigenvalue weighted by molar-refractivity contribution is -0.415. The Morgan fingerprint density at radius 2 is 1.25 bits per heavy atom. The fraction of sp³-hybridized carbons (Fsp3) is 0.444. The van der Waals surface area contributed by atoms with Crippen LogP contribution in [0.25, 0.3) is 0 Å². The average molecular weight is 172 g/mol. The lowest BCUT2D eigenvalue weighted by Gasteiger charge is -1.96. The van der Waals surface area contributed by atoms with E-state index in [4.69, 9.17) is 15.0 Å². The smallest absolute Gasteiger partial charge is 0.0382 e. The Morgan fingerprint density at radius 1 is 1.17 bits per heavy atom. The van der Waals surface area contributed by atoms with Gasteiger partial charge in [0.1, 0.15) is 0 Å². The summed E-state index contributed by atoms with van der Waals surface area (Å²) in [6.45, 7) is 11.1. The number of allylic oxidation sites excluding steroid dienone is 2. The second kappa shape index (κ2) is 22.6. The third-order valence-corrected chi connectivity index (χ3v) is 0.577. The van der Waals surface area contributed by atoms with E-state index < -0.39 is 6.16 Å². The van der Waals surface area contributed by atoms with Crippen molar-refractivity contribution in [1.29, 1.82) is 0 Å². The van der Waals surface area contributed by atoms with Gasteiger partial charge >= 0.3 is 0 Å². The van der Waals surface area contributed by atoms with Gasteiger partial charge in [-0.05, 0) is 19.0 Å². The Labute approximate surface area is 74.0 Å². The Morgan fingerprint density at radius 3 is 1.25 bits per heavy atom. The van der Waals surface area contributed by atoms with Crippen LogP contribution in [0.4, 0.5) is 4.79 Å². The normalized spacial score (nSPS) is 6.17. The van der Waals surface area contributed by atoms with Crippen LogP contribution >= 0.6 is 0 Å². The van der Waals surface area contributed by atoms with Gasteiger partial charge in [0.2, 0.25) is 0 Å². The third-order valence-electron chi connectivity index (χ3n) is 0.577. The van der Waals surface area contributed by atoms with Crippen molar-refractivity contribution >= 4 is 6.16 Å². The highest BCUT2D eigenvalue weighted by Crippen LogP contribution is 1.66. The molecule has 0 aromatic heterocycles. The minimum Gasteiger partial charge on any atom is -0.652 e. The third kappa shape index (κ3) is 934. The minimum absolute atomic E-state index is 1.08. The Kier molecular flexibility index (Phi) is 32.0. The average Bonchev–Trinajstić information content (AvgIpc) is 2.03. The molecule has 0 aliphatic carbocycles. The van der Waals surface area contributed by atoms with Gasteiger partial charge < -0.3 is 15.0 Å². The molecule has 12 heavy (non-hydrogen) atoms. The molecule has 0 rings (SSSR count). The first-order valence-electron chi connectivity index (χ1n) is 3.66. The van der Waals surface area contributed by atoms with Crippen LogP contribution in [0, 0.1) is 0 Å². The molecule has 0 fully saturated rings. The van der Waals surface area contributed by atoms with Crippen LogP contribution in [-0.4, -0.2) is 6.16 Å². The maximum atomic E-state index is 8.33. The van der Waals surface area contributed by atoms with E-state index in [2.05, 4.69) is 27.0 Å². The summed E-state index contributed by atoms with van der Waals surface area (Å²) in [5.41, 5.74) is 0. The minimum atomic E-state index is -2.33. The van der Waals surface area contributed by atoms with Crippen molar-refractivity contribution in [3.05, 3.63) is 25.3 Å². The van der Waals surface area contributed by atoms with E-state index in [9.17, 15) is 0 Å². The first-order chi connectivity index (χ1) is 5.56.